The van der Waals surface area contributed by atoms with Gasteiger partial charge in [0.2, 0.25) is 0 Å². The third-order valence-electron chi connectivity index (χ3n) is 2.84. The predicted molar refractivity (Wildman–Crippen MR) is 87.0 cm³/mol. The van der Waals surface area contributed by atoms with Gasteiger partial charge >= 0.3 is 0 Å². The summed E-state index contributed by atoms with van der Waals surface area (Å²) < 4.78 is 11.1. The van der Waals surface area contributed by atoms with Crippen LogP contribution in [0.3, 0.4) is 0 Å². The normalized spacial score (nSPS) is 10.3. The molecule has 2 N–H and O–H groups in total. The number of nitrogens with two attached hydrogens (primary N) is 1. The van der Waals surface area contributed by atoms with Crippen LogP contribution in [0.5, 0.6) is 11.5 Å². The molecule has 0 aromatic heterocycles. The maximum absolute atomic E-state index is 11.3. The van der Waals surface area contributed by atoms with Gasteiger partial charge in [0.15, 0.2) is 0 Å². The summed E-state index contributed by atoms with van der Waals surface area (Å²) in [5.74, 6) is 0.590. The van der Waals surface area contributed by atoms with E-state index in [0.717, 1.165) is 5.75 Å². The summed E-state index contributed by atoms with van der Waals surface area (Å²) in [6.45, 7) is 0.886. The third kappa shape index (κ3) is 4.83. The van der Waals surface area contributed by atoms with Gasteiger partial charge in [0.05, 0.1) is 18.8 Å². The Morgan fingerprint density at radius 3 is 2.27 bits per heavy atom. The molecule has 0 aliphatic heterocycles. The quantitative estimate of drug-likeness (QED) is 0.777. The van der Waals surface area contributed by atoms with Crippen molar-refractivity contribution in [2.24, 2.45) is 5.73 Å². The summed E-state index contributed by atoms with van der Waals surface area (Å²) in [5.41, 5.74) is 5.56. The van der Waals surface area contributed by atoms with Gasteiger partial charge in [0, 0.05) is 16.5 Å². The predicted octanol–water partition coefficient (Wildman–Crippen LogP) is 3.94. The highest BCUT2D eigenvalue weighted by molar-refractivity contribution is 6.31. The zero-order valence-electron chi connectivity index (χ0n) is 11.7. The maximum atomic E-state index is 11.3. The highest BCUT2D eigenvalue weighted by Crippen LogP contribution is 2.22. The Balaban J connectivity index is 1.79. The molecule has 0 radical (unpaired) electrons. The van der Waals surface area contributed by atoms with Crippen molar-refractivity contribution in [2.75, 3.05) is 13.2 Å². The van der Waals surface area contributed by atoms with Gasteiger partial charge in [0.1, 0.15) is 11.5 Å². The fourth-order valence-electron chi connectivity index (χ4n) is 1.78. The number of carbonyl (C=O) groups is 1. The Morgan fingerprint density at radius 1 is 0.955 bits per heavy atom. The van der Waals surface area contributed by atoms with Crippen molar-refractivity contribution < 1.29 is 14.3 Å². The Hall–Kier alpha value is -1.91. The molecular formula is C16H15Cl2NO3. The van der Waals surface area contributed by atoms with Crippen LogP contribution >= 0.6 is 23.2 Å². The molecule has 2 aromatic carbocycles. The van der Waals surface area contributed by atoms with Gasteiger partial charge in [-0.25, -0.2) is 0 Å². The number of halogens is 2. The number of hydrogen-bond acceptors (Lipinski definition) is 3. The van der Waals surface area contributed by atoms with Gasteiger partial charge < -0.3 is 15.2 Å². The zero-order valence-corrected chi connectivity index (χ0v) is 13.2. The van der Waals surface area contributed by atoms with Crippen molar-refractivity contribution in [1.29, 1.82) is 0 Å². The maximum Gasteiger partial charge on any atom is 0.252 e. The molecule has 0 unspecified atom stereocenters. The number of carbonyl (C=O) groups excluding carboxylic acids is 1. The van der Waals surface area contributed by atoms with E-state index in [1.165, 1.54) is 6.07 Å². The van der Waals surface area contributed by atoms with E-state index < -0.39 is 5.91 Å². The second-order valence-electron chi connectivity index (χ2n) is 4.51. The molecule has 0 spiro atoms. The molecule has 6 heteroatoms. The molecule has 2 rings (SSSR count). The van der Waals surface area contributed by atoms with Gasteiger partial charge in [-0.1, -0.05) is 23.2 Å². The van der Waals surface area contributed by atoms with E-state index in [-0.39, 0.29) is 5.56 Å². The fraction of sp³-hybridized carbons (Fsp3) is 0.188. The largest absolute Gasteiger partial charge is 0.493 e. The molecule has 116 valence electrons. The summed E-state index contributed by atoms with van der Waals surface area (Å²) >= 11 is 11.6. The first-order chi connectivity index (χ1) is 10.6. The number of rotatable bonds is 7. The molecule has 0 saturated carbocycles. The molecule has 0 atom stereocenters. The molecule has 0 aliphatic rings. The van der Waals surface area contributed by atoms with Crippen molar-refractivity contribution >= 4 is 29.1 Å². The lowest BCUT2D eigenvalue weighted by atomic mass is 10.2. The van der Waals surface area contributed by atoms with Crippen LogP contribution in [0.15, 0.2) is 42.5 Å². The van der Waals surface area contributed by atoms with Crippen LogP contribution in [0.4, 0.5) is 0 Å². The van der Waals surface area contributed by atoms with Crippen molar-refractivity contribution in [1.82, 2.24) is 0 Å². The lowest BCUT2D eigenvalue weighted by Crippen LogP contribution is -2.14. The van der Waals surface area contributed by atoms with Crippen molar-refractivity contribution in [2.45, 2.75) is 6.42 Å². The van der Waals surface area contributed by atoms with Crippen molar-refractivity contribution in [3.63, 3.8) is 0 Å². The second-order valence-corrected chi connectivity index (χ2v) is 5.38. The van der Waals surface area contributed by atoms with E-state index in [1.807, 2.05) is 0 Å². The first-order valence-corrected chi connectivity index (χ1v) is 7.42. The van der Waals surface area contributed by atoms with E-state index in [4.69, 9.17) is 38.4 Å². The highest BCUT2D eigenvalue weighted by atomic mass is 35.5. The van der Waals surface area contributed by atoms with E-state index >= 15 is 0 Å². The van der Waals surface area contributed by atoms with Crippen LogP contribution in [0.2, 0.25) is 10.0 Å². The first-order valence-electron chi connectivity index (χ1n) is 6.67. The Kier molecular flexibility index (Phi) is 5.92. The SMILES string of the molecule is NC(=O)c1cc(Cl)ccc1OCCCOc1ccc(Cl)cc1. The second kappa shape index (κ2) is 7.92. The summed E-state index contributed by atoms with van der Waals surface area (Å²) in [6.07, 6.45) is 0.656. The van der Waals surface area contributed by atoms with Gasteiger partial charge in [-0.15, -0.1) is 0 Å². The minimum absolute atomic E-state index is 0.270. The van der Waals surface area contributed by atoms with Gasteiger partial charge in [-0.2, -0.15) is 0 Å². The van der Waals surface area contributed by atoms with Crippen LogP contribution in [-0.2, 0) is 0 Å². The van der Waals surface area contributed by atoms with Crippen LogP contribution < -0.4 is 15.2 Å². The number of amides is 1. The molecule has 2 aromatic rings. The number of ether oxygens (including phenoxy) is 2. The lowest BCUT2D eigenvalue weighted by molar-refractivity contribution is 0.0996. The Bertz CT molecular complexity index is 644. The van der Waals surface area contributed by atoms with Gasteiger partial charge in [-0.05, 0) is 42.5 Å². The monoisotopic (exact) mass is 339 g/mol. The highest BCUT2D eigenvalue weighted by Gasteiger charge is 2.10. The molecule has 0 bridgehead atoms. The topological polar surface area (TPSA) is 61.6 Å². The smallest absolute Gasteiger partial charge is 0.252 e. The zero-order chi connectivity index (χ0) is 15.9. The minimum atomic E-state index is -0.574. The van der Waals surface area contributed by atoms with Crippen molar-refractivity contribution in [3.05, 3.63) is 58.1 Å². The fourth-order valence-corrected chi connectivity index (χ4v) is 2.08. The summed E-state index contributed by atoms with van der Waals surface area (Å²) in [7, 11) is 0. The summed E-state index contributed by atoms with van der Waals surface area (Å²) in [5, 5.41) is 1.10. The minimum Gasteiger partial charge on any atom is -0.493 e. The van der Waals surface area contributed by atoms with E-state index in [0.29, 0.717) is 35.4 Å². The average Bonchev–Trinajstić information content (AvgIpc) is 2.50. The third-order valence-corrected chi connectivity index (χ3v) is 3.32. The lowest BCUT2D eigenvalue weighted by Gasteiger charge is -2.10. The van der Waals surface area contributed by atoms with Crippen LogP contribution in [0, 0.1) is 0 Å². The summed E-state index contributed by atoms with van der Waals surface area (Å²) in [4.78, 5) is 11.3. The Morgan fingerprint density at radius 2 is 1.59 bits per heavy atom. The average molecular weight is 340 g/mol. The van der Waals surface area contributed by atoms with E-state index in [2.05, 4.69) is 0 Å². The molecule has 1 amide bonds. The van der Waals surface area contributed by atoms with Crippen LogP contribution in [0.1, 0.15) is 16.8 Å². The number of hydrogen-bond donors (Lipinski definition) is 1. The van der Waals surface area contributed by atoms with Crippen LogP contribution in [-0.4, -0.2) is 19.1 Å². The molecule has 22 heavy (non-hydrogen) atoms. The van der Waals surface area contributed by atoms with E-state index in [1.54, 1.807) is 36.4 Å². The van der Waals surface area contributed by atoms with Crippen molar-refractivity contribution in [3.8, 4) is 11.5 Å². The first kappa shape index (κ1) is 16.5. The molecule has 0 saturated heterocycles. The summed E-state index contributed by atoms with van der Waals surface area (Å²) in [6, 6.07) is 11.9. The standard InChI is InChI=1S/C16H15Cl2NO3/c17-11-2-5-13(6-3-11)21-8-1-9-22-15-7-4-12(18)10-14(15)16(19)20/h2-7,10H,1,8-9H2,(H2,19,20). The molecule has 4 nitrogen and oxygen atoms in total. The van der Waals surface area contributed by atoms with E-state index in [9.17, 15) is 4.79 Å². The van der Waals surface area contributed by atoms with Gasteiger partial charge in [0.25, 0.3) is 5.91 Å². The van der Waals surface area contributed by atoms with Gasteiger partial charge in [-0.3, -0.25) is 4.79 Å². The number of benzene rings is 2. The Labute approximate surface area is 138 Å². The van der Waals surface area contributed by atoms with Crippen LogP contribution in [0.25, 0.3) is 0 Å². The molecule has 0 heterocycles. The number of primary amides is 1. The molecular weight excluding hydrogens is 325 g/mol. The molecule has 0 aliphatic carbocycles. The molecule has 0 fully saturated rings.